The van der Waals surface area contributed by atoms with E-state index in [1.54, 1.807) is 19.9 Å². The summed E-state index contributed by atoms with van der Waals surface area (Å²) in [7, 11) is 0. The summed E-state index contributed by atoms with van der Waals surface area (Å²) in [5, 5.41) is 0.336. The quantitative estimate of drug-likeness (QED) is 0.395. The van der Waals surface area contributed by atoms with Crippen molar-refractivity contribution in [3.05, 3.63) is 11.8 Å². The van der Waals surface area contributed by atoms with Crippen LogP contribution in [0.3, 0.4) is 0 Å². The molecule has 10 heavy (non-hydrogen) atoms. The molecule has 0 saturated heterocycles. The van der Waals surface area contributed by atoms with Crippen molar-refractivity contribution in [1.82, 2.24) is 0 Å². The van der Waals surface area contributed by atoms with Crippen LogP contribution in [0.15, 0.2) is 16.8 Å². The molecule has 2 nitrogen and oxygen atoms in total. The van der Waals surface area contributed by atoms with Crippen molar-refractivity contribution in [2.24, 2.45) is 10.7 Å². The van der Waals surface area contributed by atoms with Crippen LogP contribution in [0.4, 0.5) is 0 Å². The largest absolute Gasteiger partial charge is 0.402 e. The monoisotopic (exact) mass is 180 g/mol. The lowest BCUT2D eigenvalue weighted by Gasteiger charge is -1.93. The molecule has 0 spiro atoms. The number of rotatable bonds is 2. The normalized spacial score (nSPS) is 17.2. The van der Waals surface area contributed by atoms with E-state index in [4.69, 9.17) is 28.9 Å². The Morgan fingerprint density at radius 3 is 2.50 bits per heavy atom. The van der Waals surface area contributed by atoms with Gasteiger partial charge in [-0.2, -0.15) is 0 Å². The minimum atomic E-state index is -0.303. The van der Waals surface area contributed by atoms with Crippen LogP contribution in [0.25, 0.3) is 0 Å². The van der Waals surface area contributed by atoms with Gasteiger partial charge in [-0.05, 0) is 19.9 Å². The van der Waals surface area contributed by atoms with Crippen LogP contribution in [0, 0.1) is 0 Å². The first-order valence-electron chi connectivity index (χ1n) is 2.83. The molecular formula is C6H10Cl2N2. The number of aliphatic imine (C=N–C) groups is 1. The third kappa shape index (κ3) is 5.92. The molecular weight excluding hydrogens is 171 g/mol. The fraction of sp³-hybridized carbons (Fsp3) is 0.500. The van der Waals surface area contributed by atoms with Crippen LogP contribution in [0.2, 0.25) is 0 Å². The topological polar surface area (TPSA) is 38.4 Å². The van der Waals surface area contributed by atoms with Crippen molar-refractivity contribution in [1.29, 1.82) is 0 Å². The first-order chi connectivity index (χ1) is 4.52. The van der Waals surface area contributed by atoms with Crippen molar-refractivity contribution in [2.75, 3.05) is 0 Å². The number of hydrogen-bond donors (Lipinski definition) is 1. The number of nitrogens with zero attached hydrogens (tertiary/aromatic N) is 1. The lowest BCUT2D eigenvalue weighted by Crippen LogP contribution is -1.95. The average molecular weight is 181 g/mol. The van der Waals surface area contributed by atoms with Gasteiger partial charge in [0.25, 0.3) is 0 Å². The van der Waals surface area contributed by atoms with Gasteiger partial charge in [-0.1, -0.05) is 23.2 Å². The Morgan fingerprint density at radius 1 is 1.70 bits per heavy atom. The van der Waals surface area contributed by atoms with Gasteiger partial charge in [0, 0.05) is 5.70 Å². The molecule has 58 valence electrons. The van der Waals surface area contributed by atoms with Crippen LogP contribution in [0.1, 0.15) is 13.8 Å². The number of nitrogens with two attached hydrogens (primary N) is 1. The van der Waals surface area contributed by atoms with Crippen molar-refractivity contribution in [2.45, 2.75) is 19.3 Å². The Balaban J connectivity index is 4.08. The van der Waals surface area contributed by atoms with E-state index < -0.39 is 0 Å². The van der Waals surface area contributed by atoms with Crippen molar-refractivity contribution < 1.29 is 0 Å². The van der Waals surface area contributed by atoms with Crippen LogP contribution >= 0.6 is 23.2 Å². The lowest BCUT2D eigenvalue weighted by molar-refractivity contribution is 1.04. The number of hydrogen-bond acceptors (Lipinski definition) is 2. The predicted molar refractivity (Wildman–Crippen MR) is 46.5 cm³/mol. The van der Waals surface area contributed by atoms with Crippen molar-refractivity contribution >= 4 is 28.4 Å². The highest BCUT2D eigenvalue weighted by Crippen LogP contribution is 2.00. The Morgan fingerprint density at radius 2 is 2.20 bits per heavy atom. The smallest absolute Gasteiger partial charge is 0.127 e. The summed E-state index contributed by atoms with van der Waals surface area (Å²) in [5.41, 5.74) is 5.64. The summed E-state index contributed by atoms with van der Waals surface area (Å²) in [6.07, 6.45) is 1.56. The Labute approximate surface area is 70.7 Å². The Bertz CT molecular complexity index is 157. The highest BCUT2D eigenvalue weighted by molar-refractivity contribution is 6.68. The third-order valence-electron chi connectivity index (χ3n) is 0.648. The van der Waals surface area contributed by atoms with Gasteiger partial charge in [-0.25, -0.2) is 0 Å². The van der Waals surface area contributed by atoms with E-state index >= 15 is 0 Å². The molecule has 0 aromatic heterocycles. The van der Waals surface area contributed by atoms with E-state index in [9.17, 15) is 0 Å². The standard InChI is InChI=1S/C6H10Cl2N2/c1-4(9)3-6(8)10-5(2)7/h3,5H,9H2,1-2H3/b4-3-,10-6?. The van der Waals surface area contributed by atoms with Crippen molar-refractivity contribution in [3.63, 3.8) is 0 Å². The van der Waals surface area contributed by atoms with Crippen LogP contribution in [-0.2, 0) is 0 Å². The fourth-order valence-electron chi connectivity index (χ4n) is 0.395. The first-order valence-corrected chi connectivity index (χ1v) is 3.65. The van der Waals surface area contributed by atoms with E-state index in [0.717, 1.165) is 0 Å². The first kappa shape index (κ1) is 9.79. The van der Waals surface area contributed by atoms with Gasteiger partial charge < -0.3 is 5.73 Å². The van der Waals surface area contributed by atoms with Gasteiger partial charge in [0.2, 0.25) is 0 Å². The van der Waals surface area contributed by atoms with Gasteiger partial charge in [0.05, 0.1) is 0 Å². The molecule has 0 aliphatic heterocycles. The van der Waals surface area contributed by atoms with E-state index in [1.165, 1.54) is 0 Å². The summed E-state index contributed by atoms with van der Waals surface area (Å²) in [5.74, 6) is 0. The maximum Gasteiger partial charge on any atom is 0.127 e. The molecule has 0 fully saturated rings. The van der Waals surface area contributed by atoms with Gasteiger partial charge in [0.1, 0.15) is 10.7 Å². The summed E-state index contributed by atoms with van der Waals surface area (Å²) in [4.78, 5) is 3.81. The summed E-state index contributed by atoms with van der Waals surface area (Å²) in [6, 6.07) is 0. The molecule has 0 heterocycles. The molecule has 2 N–H and O–H groups in total. The minimum Gasteiger partial charge on any atom is -0.402 e. The highest BCUT2D eigenvalue weighted by Gasteiger charge is 1.92. The zero-order valence-electron chi connectivity index (χ0n) is 5.94. The summed E-state index contributed by atoms with van der Waals surface area (Å²) >= 11 is 11.1. The lowest BCUT2D eigenvalue weighted by atomic mass is 10.5. The van der Waals surface area contributed by atoms with Gasteiger partial charge in [-0.3, -0.25) is 4.99 Å². The molecule has 0 aliphatic rings. The molecule has 0 amide bonds. The van der Waals surface area contributed by atoms with Crippen molar-refractivity contribution in [3.8, 4) is 0 Å². The molecule has 0 rings (SSSR count). The highest BCUT2D eigenvalue weighted by atomic mass is 35.5. The third-order valence-corrected chi connectivity index (χ3v) is 0.952. The molecule has 0 radical (unpaired) electrons. The Hall–Kier alpha value is -0.210. The molecule has 1 atom stereocenters. The average Bonchev–Trinajstić information content (AvgIpc) is 1.58. The molecule has 0 saturated carbocycles. The fourth-order valence-corrected chi connectivity index (χ4v) is 0.869. The summed E-state index contributed by atoms with van der Waals surface area (Å²) < 4.78 is 0. The molecule has 1 unspecified atom stereocenters. The second-order valence-corrected chi connectivity index (χ2v) is 2.93. The number of allylic oxidation sites excluding steroid dienone is 2. The van der Waals surface area contributed by atoms with Gasteiger partial charge >= 0.3 is 0 Å². The molecule has 0 aromatic carbocycles. The van der Waals surface area contributed by atoms with E-state index in [-0.39, 0.29) is 5.50 Å². The number of halogens is 2. The molecule has 0 aromatic rings. The molecule has 0 bridgehead atoms. The molecule has 4 heteroatoms. The van der Waals surface area contributed by atoms with Gasteiger partial charge in [-0.15, -0.1) is 0 Å². The second kappa shape index (κ2) is 4.58. The predicted octanol–water partition coefficient (Wildman–Crippen LogP) is 2.07. The van der Waals surface area contributed by atoms with Crippen LogP contribution in [-0.4, -0.2) is 10.7 Å². The van der Waals surface area contributed by atoms with Crippen LogP contribution in [0.5, 0.6) is 0 Å². The van der Waals surface area contributed by atoms with E-state index in [2.05, 4.69) is 4.99 Å². The zero-order valence-corrected chi connectivity index (χ0v) is 7.45. The molecule has 0 aliphatic carbocycles. The van der Waals surface area contributed by atoms with E-state index in [0.29, 0.717) is 10.9 Å². The maximum atomic E-state index is 5.58. The Kier molecular flexibility index (Phi) is 4.49. The van der Waals surface area contributed by atoms with E-state index in [1.807, 2.05) is 0 Å². The zero-order chi connectivity index (χ0) is 8.15. The minimum absolute atomic E-state index is 0.303. The van der Waals surface area contributed by atoms with Gasteiger partial charge in [0.15, 0.2) is 0 Å². The summed E-state index contributed by atoms with van der Waals surface area (Å²) in [6.45, 7) is 3.46. The second-order valence-electron chi connectivity index (χ2n) is 1.91. The van der Waals surface area contributed by atoms with Crippen LogP contribution < -0.4 is 5.73 Å². The number of alkyl halides is 1. The SMILES string of the molecule is C/C(N)=C/C(Cl)=NC(C)Cl. The maximum absolute atomic E-state index is 5.58.